The lowest BCUT2D eigenvalue weighted by atomic mass is 10.0. The number of carboxylic acid groups (broad SMARTS) is 1. The summed E-state index contributed by atoms with van der Waals surface area (Å²) in [6, 6.07) is 14.9. The molecule has 0 bridgehead atoms. The maximum atomic E-state index is 11.3. The number of hydrogen-bond donors (Lipinski definition) is 2. The van der Waals surface area contributed by atoms with Gasteiger partial charge in [0.2, 0.25) is 0 Å². The maximum absolute atomic E-state index is 11.3. The van der Waals surface area contributed by atoms with Crippen LogP contribution in [-0.2, 0) is 0 Å². The predicted molar refractivity (Wildman–Crippen MR) is 99.0 cm³/mol. The Bertz CT molecular complexity index is 1120. The number of nitrogens with zero attached hydrogens (tertiary/aromatic N) is 2. The van der Waals surface area contributed by atoms with Gasteiger partial charge in [0.05, 0.1) is 16.8 Å². The average molecular weight is 329 g/mol. The highest BCUT2D eigenvalue weighted by atomic mass is 16.4. The zero-order valence-corrected chi connectivity index (χ0v) is 13.5. The fourth-order valence-electron chi connectivity index (χ4n) is 3.02. The number of rotatable bonds is 3. The van der Waals surface area contributed by atoms with E-state index in [2.05, 4.69) is 10.3 Å². The summed E-state index contributed by atoms with van der Waals surface area (Å²) in [6.07, 6.45) is 3.54. The SMILES string of the molecule is CNc1cccc(-c2nc3cc(C(=O)O)ccc3c3cnccc23)c1. The molecule has 5 nitrogen and oxygen atoms in total. The Morgan fingerprint density at radius 2 is 1.92 bits per heavy atom. The molecule has 0 aliphatic heterocycles. The molecule has 0 aliphatic carbocycles. The molecule has 4 rings (SSSR count). The minimum absolute atomic E-state index is 0.221. The van der Waals surface area contributed by atoms with Gasteiger partial charge in [0.15, 0.2) is 0 Å². The predicted octanol–water partition coefficient (Wildman–Crippen LogP) is 4.19. The molecule has 0 amide bonds. The molecule has 122 valence electrons. The van der Waals surface area contributed by atoms with Gasteiger partial charge in [-0.25, -0.2) is 9.78 Å². The van der Waals surface area contributed by atoms with E-state index < -0.39 is 5.97 Å². The van der Waals surface area contributed by atoms with Crippen LogP contribution in [-0.4, -0.2) is 28.1 Å². The minimum Gasteiger partial charge on any atom is -0.478 e. The summed E-state index contributed by atoms with van der Waals surface area (Å²) in [5.74, 6) is -0.964. The van der Waals surface area contributed by atoms with Crippen molar-refractivity contribution in [2.45, 2.75) is 0 Å². The smallest absolute Gasteiger partial charge is 0.335 e. The molecule has 2 heterocycles. The lowest BCUT2D eigenvalue weighted by Gasteiger charge is -2.11. The van der Waals surface area contributed by atoms with Crippen LogP contribution >= 0.6 is 0 Å². The van der Waals surface area contributed by atoms with Crippen molar-refractivity contribution in [3.8, 4) is 11.3 Å². The highest BCUT2D eigenvalue weighted by molar-refractivity contribution is 6.11. The van der Waals surface area contributed by atoms with Gasteiger partial charge in [0.1, 0.15) is 0 Å². The average Bonchev–Trinajstić information content (AvgIpc) is 2.66. The van der Waals surface area contributed by atoms with Crippen molar-refractivity contribution in [3.63, 3.8) is 0 Å². The van der Waals surface area contributed by atoms with E-state index in [1.54, 1.807) is 30.6 Å². The molecule has 0 atom stereocenters. The van der Waals surface area contributed by atoms with E-state index in [1.165, 1.54) is 0 Å². The second kappa shape index (κ2) is 5.87. The van der Waals surface area contributed by atoms with Crippen molar-refractivity contribution in [1.29, 1.82) is 0 Å². The molecule has 0 radical (unpaired) electrons. The van der Waals surface area contributed by atoms with Gasteiger partial charge in [-0.3, -0.25) is 4.98 Å². The van der Waals surface area contributed by atoms with Crippen LogP contribution in [0.3, 0.4) is 0 Å². The molecule has 5 heteroatoms. The summed E-state index contributed by atoms with van der Waals surface area (Å²) in [7, 11) is 1.87. The van der Waals surface area contributed by atoms with Crippen LogP contribution in [0.4, 0.5) is 5.69 Å². The summed E-state index contributed by atoms with van der Waals surface area (Å²) in [4.78, 5) is 20.3. The van der Waals surface area contributed by atoms with Crippen molar-refractivity contribution in [1.82, 2.24) is 9.97 Å². The van der Waals surface area contributed by atoms with Crippen LogP contribution in [0.25, 0.3) is 32.9 Å². The molecule has 2 N–H and O–H groups in total. The molecule has 2 aromatic carbocycles. The lowest BCUT2D eigenvalue weighted by Crippen LogP contribution is -1.97. The van der Waals surface area contributed by atoms with E-state index in [9.17, 15) is 9.90 Å². The van der Waals surface area contributed by atoms with Crippen LogP contribution in [0.15, 0.2) is 60.9 Å². The molecule has 0 fully saturated rings. The molecule has 2 aromatic heterocycles. The van der Waals surface area contributed by atoms with E-state index in [1.807, 2.05) is 37.4 Å². The largest absolute Gasteiger partial charge is 0.478 e. The van der Waals surface area contributed by atoms with Crippen LogP contribution < -0.4 is 5.32 Å². The first kappa shape index (κ1) is 15.1. The van der Waals surface area contributed by atoms with Gasteiger partial charge >= 0.3 is 5.97 Å². The Hall–Kier alpha value is -3.47. The van der Waals surface area contributed by atoms with Crippen LogP contribution in [0, 0.1) is 0 Å². The van der Waals surface area contributed by atoms with Crippen molar-refractivity contribution in [3.05, 3.63) is 66.5 Å². The standard InChI is InChI=1S/C20H15N3O2/c1-21-14-4-2-3-12(9-14)19-16-7-8-22-11-17(16)15-6-5-13(20(24)25)10-18(15)23-19/h2-11,21H,1H3,(H,24,25). The Morgan fingerprint density at radius 1 is 1.04 bits per heavy atom. The summed E-state index contributed by atoms with van der Waals surface area (Å²) < 4.78 is 0. The van der Waals surface area contributed by atoms with E-state index in [0.29, 0.717) is 5.52 Å². The van der Waals surface area contributed by atoms with Gasteiger partial charge in [-0.2, -0.15) is 0 Å². The molecule has 25 heavy (non-hydrogen) atoms. The Balaban J connectivity index is 2.08. The normalized spacial score (nSPS) is 10.9. The summed E-state index contributed by atoms with van der Waals surface area (Å²) in [6.45, 7) is 0. The van der Waals surface area contributed by atoms with Crippen molar-refractivity contribution in [2.24, 2.45) is 0 Å². The Labute approximate surface area is 144 Å². The van der Waals surface area contributed by atoms with Crippen LogP contribution in [0.1, 0.15) is 10.4 Å². The monoisotopic (exact) mass is 329 g/mol. The fourth-order valence-corrected chi connectivity index (χ4v) is 3.02. The Morgan fingerprint density at radius 3 is 2.72 bits per heavy atom. The zero-order chi connectivity index (χ0) is 17.4. The third kappa shape index (κ3) is 2.55. The van der Waals surface area contributed by atoms with Gasteiger partial charge in [-0.05, 0) is 30.3 Å². The van der Waals surface area contributed by atoms with E-state index in [-0.39, 0.29) is 5.56 Å². The number of aromatic nitrogens is 2. The first-order valence-electron chi connectivity index (χ1n) is 7.86. The molecule has 0 saturated carbocycles. The summed E-state index contributed by atoms with van der Waals surface area (Å²) >= 11 is 0. The highest BCUT2D eigenvalue weighted by Crippen LogP contribution is 2.33. The lowest BCUT2D eigenvalue weighted by molar-refractivity contribution is 0.0697. The summed E-state index contributed by atoms with van der Waals surface area (Å²) in [5.41, 5.74) is 3.62. The molecule has 0 unspecified atom stereocenters. The first-order valence-corrected chi connectivity index (χ1v) is 7.86. The topological polar surface area (TPSA) is 75.1 Å². The molecular weight excluding hydrogens is 314 g/mol. The van der Waals surface area contributed by atoms with Crippen molar-refractivity contribution in [2.75, 3.05) is 12.4 Å². The number of carbonyl (C=O) groups is 1. The number of anilines is 1. The van der Waals surface area contributed by atoms with E-state index in [0.717, 1.165) is 33.1 Å². The highest BCUT2D eigenvalue weighted by Gasteiger charge is 2.12. The number of pyridine rings is 2. The number of carboxylic acids is 1. The third-order valence-electron chi connectivity index (χ3n) is 4.27. The van der Waals surface area contributed by atoms with E-state index >= 15 is 0 Å². The summed E-state index contributed by atoms with van der Waals surface area (Å²) in [5, 5.41) is 15.2. The molecular formula is C20H15N3O2. The Kier molecular flexibility index (Phi) is 3.54. The maximum Gasteiger partial charge on any atom is 0.335 e. The zero-order valence-electron chi connectivity index (χ0n) is 13.5. The van der Waals surface area contributed by atoms with Gasteiger partial charge in [-0.15, -0.1) is 0 Å². The van der Waals surface area contributed by atoms with E-state index in [4.69, 9.17) is 4.98 Å². The van der Waals surface area contributed by atoms with Gasteiger partial charge in [-0.1, -0.05) is 18.2 Å². The third-order valence-corrected chi connectivity index (χ3v) is 4.27. The second-order valence-electron chi connectivity index (χ2n) is 5.75. The first-order chi connectivity index (χ1) is 12.2. The molecule has 4 aromatic rings. The van der Waals surface area contributed by atoms with Gasteiger partial charge < -0.3 is 10.4 Å². The number of benzene rings is 2. The molecule has 0 aliphatic rings. The molecule has 0 spiro atoms. The van der Waals surface area contributed by atoms with Crippen LogP contribution in [0.2, 0.25) is 0 Å². The number of aromatic carboxylic acids is 1. The van der Waals surface area contributed by atoms with Crippen molar-refractivity contribution < 1.29 is 9.90 Å². The van der Waals surface area contributed by atoms with Gasteiger partial charge in [0, 0.05) is 46.9 Å². The van der Waals surface area contributed by atoms with Gasteiger partial charge in [0.25, 0.3) is 0 Å². The van der Waals surface area contributed by atoms with Crippen LogP contribution in [0.5, 0.6) is 0 Å². The number of hydrogen-bond acceptors (Lipinski definition) is 4. The quantitative estimate of drug-likeness (QED) is 0.551. The second-order valence-corrected chi connectivity index (χ2v) is 5.75. The van der Waals surface area contributed by atoms with Crippen molar-refractivity contribution >= 4 is 33.3 Å². The number of fused-ring (bicyclic) bond motifs is 3. The minimum atomic E-state index is -0.964. The fraction of sp³-hybridized carbons (Fsp3) is 0.0500. The molecule has 0 saturated heterocycles. The number of nitrogens with one attached hydrogen (secondary N) is 1.